The average molecular weight is 206 g/mol. The van der Waals surface area contributed by atoms with Crippen molar-refractivity contribution in [1.82, 2.24) is 4.98 Å². The molecule has 1 unspecified atom stereocenters. The molecule has 1 saturated carbocycles. The number of rotatable bonds is 5. The van der Waals surface area contributed by atoms with Gasteiger partial charge in [-0.3, -0.25) is 0 Å². The maximum absolute atomic E-state index is 5.21. The van der Waals surface area contributed by atoms with E-state index < -0.39 is 0 Å². The molecule has 2 rings (SSSR count). The van der Waals surface area contributed by atoms with Crippen LogP contribution in [-0.2, 0) is 4.74 Å². The number of nitrogens with one attached hydrogen (secondary N) is 1. The van der Waals surface area contributed by atoms with Gasteiger partial charge in [-0.05, 0) is 37.3 Å². The van der Waals surface area contributed by atoms with Gasteiger partial charge in [0.05, 0.1) is 12.6 Å². The summed E-state index contributed by atoms with van der Waals surface area (Å²) in [7, 11) is 1.75. The molecule has 0 spiro atoms. The SMILES string of the molecule is COCC(Nc1ccc(C)cn1)C1CC1. The summed E-state index contributed by atoms with van der Waals surface area (Å²) in [6.45, 7) is 2.81. The van der Waals surface area contributed by atoms with Crippen molar-refractivity contribution in [2.24, 2.45) is 5.92 Å². The van der Waals surface area contributed by atoms with Crippen molar-refractivity contribution >= 4 is 5.82 Å². The zero-order valence-corrected chi connectivity index (χ0v) is 9.36. The van der Waals surface area contributed by atoms with Crippen molar-refractivity contribution in [3.63, 3.8) is 0 Å². The maximum atomic E-state index is 5.21. The summed E-state index contributed by atoms with van der Waals surface area (Å²) in [6.07, 6.45) is 4.51. The van der Waals surface area contributed by atoms with Gasteiger partial charge < -0.3 is 10.1 Å². The quantitative estimate of drug-likeness (QED) is 0.802. The molecule has 0 amide bonds. The van der Waals surface area contributed by atoms with Gasteiger partial charge in [-0.2, -0.15) is 0 Å². The van der Waals surface area contributed by atoms with Crippen LogP contribution in [0.25, 0.3) is 0 Å². The van der Waals surface area contributed by atoms with E-state index in [2.05, 4.69) is 16.4 Å². The molecule has 0 bridgehead atoms. The highest BCUT2D eigenvalue weighted by molar-refractivity contribution is 5.37. The maximum Gasteiger partial charge on any atom is 0.126 e. The first-order chi connectivity index (χ1) is 7.29. The molecule has 3 nitrogen and oxygen atoms in total. The fourth-order valence-corrected chi connectivity index (χ4v) is 1.72. The molecule has 0 saturated heterocycles. The van der Waals surface area contributed by atoms with E-state index in [-0.39, 0.29) is 0 Å². The van der Waals surface area contributed by atoms with E-state index in [4.69, 9.17) is 4.74 Å². The zero-order valence-electron chi connectivity index (χ0n) is 9.36. The number of aromatic nitrogens is 1. The molecule has 1 fully saturated rings. The van der Waals surface area contributed by atoms with E-state index in [1.165, 1.54) is 18.4 Å². The molecule has 1 aromatic rings. The number of anilines is 1. The van der Waals surface area contributed by atoms with E-state index in [0.29, 0.717) is 6.04 Å². The van der Waals surface area contributed by atoms with E-state index >= 15 is 0 Å². The Hall–Kier alpha value is -1.09. The minimum Gasteiger partial charge on any atom is -0.383 e. The van der Waals surface area contributed by atoms with Crippen LogP contribution in [0.5, 0.6) is 0 Å². The molecule has 3 heteroatoms. The Labute approximate surface area is 90.9 Å². The molecule has 1 N–H and O–H groups in total. The molecule has 1 aromatic heterocycles. The van der Waals surface area contributed by atoms with Crippen LogP contribution in [0.3, 0.4) is 0 Å². The lowest BCUT2D eigenvalue weighted by atomic mass is 10.2. The number of ether oxygens (including phenoxy) is 1. The Bertz CT molecular complexity index is 306. The molecule has 0 radical (unpaired) electrons. The Balaban J connectivity index is 1.95. The summed E-state index contributed by atoms with van der Waals surface area (Å²) in [5, 5.41) is 3.43. The molecular weight excluding hydrogens is 188 g/mol. The molecule has 1 atom stereocenters. The number of aryl methyl sites for hydroxylation is 1. The lowest BCUT2D eigenvalue weighted by Crippen LogP contribution is -2.27. The molecule has 0 aliphatic heterocycles. The van der Waals surface area contributed by atoms with Crippen LogP contribution in [0.2, 0.25) is 0 Å². The first-order valence-corrected chi connectivity index (χ1v) is 5.47. The molecule has 1 aliphatic carbocycles. The minimum absolute atomic E-state index is 0.421. The van der Waals surface area contributed by atoms with Gasteiger partial charge in [0.25, 0.3) is 0 Å². The van der Waals surface area contributed by atoms with Crippen LogP contribution in [0, 0.1) is 12.8 Å². The third-order valence-electron chi connectivity index (χ3n) is 2.78. The predicted molar refractivity (Wildman–Crippen MR) is 61.0 cm³/mol. The summed E-state index contributed by atoms with van der Waals surface area (Å²) in [5.74, 6) is 1.72. The Morgan fingerprint density at radius 1 is 1.53 bits per heavy atom. The summed E-state index contributed by atoms with van der Waals surface area (Å²) in [4.78, 5) is 4.34. The van der Waals surface area contributed by atoms with Crippen molar-refractivity contribution in [3.05, 3.63) is 23.9 Å². The van der Waals surface area contributed by atoms with Gasteiger partial charge in [0, 0.05) is 13.3 Å². The third kappa shape index (κ3) is 2.93. The standard InChI is InChI=1S/C12H18N2O/c1-9-3-6-12(13-7-9)14-11(8-15-2)10-4-5-10/h3,6-7,10-11H,4-5,8H2,1-2H3,(H,13,14). The highest BCUT2D eigenvalue weighted by Crippen LogP contribution is 2.34. The zero-order chi connectivity index (χ0) is 10.7. The number of hydrogen-bond donors (Lipinski definition) is 1. The average Bonchev–Trinajstić information content (AvgIpc) is 3.04. The van der Waals surface area contributed by atoms with Crippen LogP contribution in [0.4, 0.5) is 5.82 Å². The molecule has 1 aliphatic rings. The molecule has 15 heavy (non-hydrogen) atoms. The predicted octanol–water partition coefficient (Wildman–Crippen LogP) is 2.23. The van der Waals surface area contributed by atoms with Crippen LogP contribution >= 0.6 is 0 Å². The second kappa shape index (κ2) is 4.62. The largest absolute Gasteiger partial charge is 0.383 e. The monoisotopic (exact) mass is 206 g/mol. The number of hydrogen-bond acceptors (Lipinski definition) is 3. The van der Waals surface area contributed by atoms with Crippen LogP contribution in [0.15, 0.2) is 18.3 Å². The minimum atomic E-state index is 0.421. The van der Waals surface area contributed by atoms with E-state index in [0.717, 1.165) is 18.3 Å². The van der Waals surface area contributed by atoms with Gasteiger partial charge in [-0.15, -0.1) is 0 Å². The van der Waals surface area contributed by atoms with Crippen LogP contribution in [-0.4, -0.2) is 24.7 Å². The highest BCUT2D eigenvalue weighted by Gasteiger charge is 2.31. The van der Waals surface area contributed by atoms with E-state index in [9.17, 15) is 0 Å². The van der Waals surface area contributed by atoms with Gasteiger partial charge in [-0.1, -0.05) is 6.07 Å². The fourth-order valence-electron chi connectivity index (χ4n) is 1.72. The van der Waals surface area contributed by atoms with Crippen LogP contribution < -0.4 is 5.32 Å². The Morgan fingerprint density at radius 2 is 2.33 bits per heavy atom. The van der Waals surface area contributed by atoms with Gasteiger partial charge in [-0.25, -0.2) is 4.98 Å². The second-order valence-electron chi connectivity index (χ2n) is 4.26. The summed E-state index contributed by atoms with van der Waals surface area (Å²) >= 11 is 0. The van der Waals surface area contributed by atoms with Crippen molar-refractivity contribution in [2.45, 2.75) is 25.8 Å². The van der Waals surface area contributed by atoms with Crippen molar-refractivity contribution < 1.29 is 4.74 Å². The lowest BCUT2D eigenvalue weighted by Gasteiger charge is -2.17. The number of methoxy groups -OCH3 is 1. The first-order valence-electron chi connectivity index (χ1n) is 5.47. The normalized spacial score (nSPS) is 17.5. The van der Waals surface area contributed by atoms with Crippen molar-refractivity contribution in [1.29, 1.82) is 0 Å². The Morgan fingerprint density at radius 3 is 2.87 bits per heavy atom. The number of nitrogens with zero attached hydrogens (tertiary/aromatic N) is 1. The van der Waals surface area contributed by atoms with E-state index in [1.54, 1.807) is 7.11 Å². The van der Waals surface area contributed by atoms with Crippen molar-refractivity contribution in [3.8, 4) is 0 Å². The second-order valence-corrected chi connectivity index (χ2v) is 4.26. The van der Waals surface area contributed by atoms with Gasteiger partial charge in [0.15, 0.2) is 0 Å². The fraction of sp³-hybridized carbons (Fsp3) is 0.583. The third-order valence-corrected chi connectivity index (χ3v) is 2.78. The first kappa shape index (κ1) is 10.4. The molecule has 82 valence electrons. The summed E-state index contributed by atoms with van der Waals surface area (Å²) in [5.41, 5.74) is 1.19. The topological polar surface area (TPSA) is 34.1 Å². The van der Waals surface area contributed by atoms with Crippen LogP contribution in [0.1, 0.15) is 18.4 Å². The molecule has 0 aromatic carbocycles. The summed E-state index contributed by atoms with van der Waals surface area (Å²) in [6, 6.07) is 4.53. The van der Waals surface area contributed by atoms with Crippen molar-refractivity contribution in [2.75, 3.05) is 19.0 Å². The lowest BCUT2D eigenvalue weighted by molar-refractivity contribution is 0.179. The van der Waals surface area contributed by atoms with E-state index in [1.807, 2.05) is 19.2 Å². The smallest absolute Gasteiger partial charge is 0.126 e. The molecule has 1 heterocycles. The molecular formula is C12H18N2O. The van der Waals surface area contributed by atoms with Gasteiger partial charge >= 0.3 is 0 Å². The van der Waals surface area contributed by atoms with Gasteiger partial charge in [0.1, 0.15) is 5.82 Å². The Kier molecular flexibility index (Phi) is 3.21. The highest BCUT2D eigenvalue weighted by atomic mass is 16.5. The van der Waals surface area contributed by atoms with Gasteiger partial charge in [0.2, 0.25) is 0 Å². The summed E-state index contributed by atoms with van der Waals surface area (Å²) < 4.78 is 5.21. The number of pyridine rings is 1.